The van der Waals surface area contributed by atoms with Gasteiger partial charge in [-0.25, -0.2) is 0 Å². The van der Waals surface area contributed by atoms with Crippen LogP contribution in [0.1, 0.15) is 13.8 Å². The maximum absolute atomic E-state index is 8.89. The minimum atomic E-state index is -1.08. The van der Waals surface area contributed by atoms with Gasteiger partial charge in [-0.1, -0.05) is 0 Å². The normalized spacial score (nSPS) is 5.00. The van der Waals surface area contributed by atoms with Crippen molar-refractivity contribution in [3.05, 3.63) is 0 Å². The van der Waals surface area contributed by atoms with Gasteiger partial charge in [0.15, 0.2) is 0 Å². The quantitative estimate of drug-likeness (QED) is 0.428. The van der Waals surface area contributed by atoms with Crippen LogP contribution in [0.4, 0.5) is 0 Å². The topological polar surface area (TPSA) is 80.3 Å². The minimum absolute atomic E-state index is 0. The molecule has 0 aromatic heterocycles. The molecule has 0 heterocycles. The first-order chi connectivity index (χ1) is 3.46. The molecule has 0 spiro atoms. The smallest absolute Gasteiger partial charge is 0.550 e. The van der Waals surface area contributed by atoms with E-state index in [-0.39, 0.29) is 34.4 Å². The Kier molecular flexibility index (Phi) is 36.0. The third kappa shape index (κ3) is 6030000. The fourth-order valence-corrected chi connectivity index (χ4v) is 0. The van der Waals surface area contributed by atoms with E-state index < -0.39 is 11.9 Å². The van der Waals surface area contributed by atoms with Crippen LogP contribution in [0, 0.1) is 0 Å². The van der Waals surface area contributed by atoms with Crippen LogP contribution in [-0.4, -0.2) is 11.9 Å². The average Bonchev–Trinajstić information content (AvgIpc) is 1.25. The molecule has 4 nitrogen and oxygen atoms in total. The zero-order valence-electron chi connectivity index (χ0n) is 5.39. The Hall–Kier alpha value is -0.00805. The number of carbonyl (C=O) groups excluding carboxylic acids is 2. The molecule has 0 aliphatic rings. The number of carboxylic acid groups (broad SMARTS) is 2. The van der Waals surface area contributed by atoms with E-state index in [0.29, 0.717) is 0 Å². The molecule has 0 N–H and O–H groups in total. The summed E-state index contributed by atoms with van der Waals surface area (Å²) < 4.78 is 0. The summed E-state index contributed by atoms with van der Waals surface area (Å²) in [7, 11) is 0. The third-order valence-corrected chi connectivity index (χ3v) is 0. The van der Waals surface area contributed by atoms with Crippen LogP contribution < -0.4 is 10.2 Å². The fraction of sp³-hybridized carbons (Fsp3) is 0.500. The first-order valence-corrected chi connectivity index (χ1v) is 1.82. The Labute approximate surface area is 80.2 Å². The van der Waals surface area contributed by atoms with Crippen molar-refractivity contribution in [1.29, 1.82) is 0 Å². The summed E-state index contributed by atoms with van der Waals surface area (Å²) in [6.07, 6.45) is 0. The van der Waals surface area contributed by atoms with E-state index in [1.165, 1.54) is 0 Å². The molecule has 0 amide bonds. The first kappa shape index (κ1) is 22.5. The van der Waals surface area contributed by atoms with Crippen molar-refractivity contribution in [1.82, 2.24) is 0 Å². The first-order valence-electron chi connectivity index (χ1n) is 1.82. The van der Waals surface area contributed by atoms with Crippen molar-refractivity contribution >= 4 is 11.9 Å². The molecule has 0 unspecified atom stereocenters. The second-order valence-corrected chi connectivity index (χ2v) is 0.983. The Bertz CT molecular complexity index is 75.3. The van der Waals surface area contributed by atoms with Crippen LogP contribution in [0.25, 0.3) is 0 Å². The summed E-state index contributed by atoms with van der Waals surface area (Å²) in [5.74, 6) is -2.17. The van der Waals surface area contributed by atoms with E-state index in [4.69, 9.17) is 19.8 Å². The average molecular weight is 226 g/mol. The monoisotopic (exact) mass is 226 g/mol. The van der Waals surface area contributed by atoms with Crippen LogP contribution >= 0.6 is 0 Å². The summed E-state index contributed by atoms with van der Waals surface area (Å²) >= 11 is 0. The van der Waals surface area contributed by atoms with Crippen molar-refractivity contribution in [2.45, 2.75) is 13.8 Å². The molecular formula is C4H6CrFeO4+3. The van der Waals surface area contributed by atoms with Crippen LogP contribution in [0.3, 0.4) is 0 Å². The van der Waals surface area contributed by atoms with Gasteiger partial charge in [0, 0.05) is 11.9 Å². The molecule has 10 heavy (non-hydrogen) atoms. The zero-order chi connectivity index (χ0) is 7.15. The van der Waals surface area contributed by atoms with Crippen molar-refractivity contribution < 1.29 is 54.2 Å². The molecule has 0 fully saturated rings. The minimum Gasteiger partial charge on any atom is -0.550 e. The molecule has 0 aliphatic heterocycles. The Balaban J connectivity index is -0.0000000300. The Morgan fingerprint density at radius 1 is 1.00 bits per heavy atom. The molecule has 0 saturated carbocycles. The second kappa shape index (κ2) is 16.0. The van der Waals surface area contributed by atoms with Gasteiger partial charge in [-0.05, 0) is 13.8 Å². The maximum Gasteiger partial charge on any atom is 3.00 e. The molecule has 0 aromatic carbocycles. The van der Waals surface area contributed by atoms with E-state index in [2.05, 4.69) is 0 Å². The molecule has 6 heteroatoms. The van der Waals surface area contributed by atoms with Gasteiger partial charge in [0.1, 0.15) is 0 Å². The van der Waals surface area contributed by atoms with Gasteiger partial charge < -0.3 is 19.8 Å². The van der Waals surface area contributed by atoms with Crippen molar-refractivity contribution in [2.24, 2.45) is 0 Å². The summed E-state index contributed by atoms with van der Waals surface area (Å²) in [6, 6.07) is 0. The second-order valence-electron chi connectivity index (χ2n) is 0.983. The summed E-state index contributed by atoms with van der Waals surface area (Å²) in [5, 5.41) is 17.8. The van der Waals surface area contributed by atoms with Crippen LogP contribution in [0.15, 0.2) is 0 Å². The molecule has 0 aromatic rings. The molecule has 0 atom stereocenters. The molecular weight excluding hydrogens is 220 g/mol. The number of rotatable bonds is 0. The maximum atomic E-state index is 8.89. The summed E-state index contributed by atoms with van der Waals surface area (Å²) in [5.41, 5.74) is 0. The zero-order valence-corrected chi connectivity index (χ0v) is 7.77. The largest absolute Gasteiger partial charge is 3.00 e. The Morgan fingerprint density at radius 2 is 1.00 bits per heavy atom. The van der Waals surface area contributed by atoms with Gasteiger partial charge >= 0.3 is 34.4 Å². The molecule has 0 aliphatic carbocycles. The molecule has 0 saturated heterocycles. The SMILES string of the molecule is CC(=O)[O-].CC(=O)[O-].[Cr+3].[Fe+2]. The number of hydrogen-bond acceptors (Lipinski definition) is 4. The van der Waals surface area contributed by atoms with Gasteiger partial charge in [-0.2, -0.15) is 0 Å². The van der Waals surface area contributed by atoms with Crippen LogP contribution in [0.5, 0.6) is 0 Å². The van der Waals surface area contributed by atoms with Gasteiger partial charge in [-0.15, -0.1) is 0 Å². The van der Waals surface area contributed by atoms with E-state index >= 15 is 0 Å². The number of aliphatic carboxylic acids is 2. The molecule has 0 bridgehead atoms. The van der Waals surface area contributed by atoms with E-state index in [9.17, 15) is 0 Å². The predicted octanol–water partition coefficient (Wildman–Crippen LogP) is -2.49. The molecule has 57 valence electrons. The molecule has 1 radical (unpaired) electrons. The standard InChI is InChI=1S/2C2H4O2.Cr.Fe/c2*1-2(3)4;;/h2*1H3,(H,3,4);;/q;;+3;+2/p-2. The van der Waals surface area contributed by atoms with E-state index in [0.717, 1.165) is 13.8 Å². The summed E-state index contributed by atoms with van der Waals surface area (Å²) in [6.45, 7) is 1.94. The van der Waals surface area contributed by atoms with Gasteiger partial charge in [0.25, 0.3) is 0 Å². The number of carboxylic acids is 2. The van der Waals surface area contributed by atoms with Gasteiger partial charge in [0.05, 0.1) is 0 Å². The van der Waals surface area contributed by atoms with Crippen LogP contribution in [0.2, 0.25) is 0 Å². The number of carbonyl (C=O) groups is 2. The fourth-order valence-electron chi connectivity index (χ4n) is 0. The van der Waals surface area contributed by atoms with Crippen LogP contribution in [-0.2, 0) is 44.0 Å². The van der Waals surface area contributed by atoms with Gasteiger partial charge in [-0.3, -0.25) is 0 Å². The number of hydrogen-bond donors (Lipinski definition) is 0. The van der Waals surface area contributed by atoms with E-state index in [1.54, 1.807) is 0 Å². The molecule has 0 rings (SSSR count). The van der Waals surface area contributed by atoms with Gasteiger partial charge in [0.2, 0.25) is 0 Å². The third-order valence-electron chi connectivity index (χ3n) is 0. The predicted molar refractivity (Wildman–Crippen MR) is 21.4 cm³/mol. The van der Waals surface area contributed by atoms with Crippen molar-refractivity contribution in [3.63, 3.8) is 0 Å². The van der Waals surface area contributed by atoms with E-state index in [1.807, 2.05) is 0 Å². The van der Waals surface area contributed by atoms with Crippen molar-refractivity contribution in [2.75, 3.05) is 0 Å². The van der Waals surface area contributed by atoms with Crippen molar-refractivity contribution in [3.8, 4) is 0 Å². The Morgan fingerprint density at radius 3 is 1.00 bits per heavy atom. The summed E-state index contributed by atoms with van der Waals surface area (Å²) in [4.78, 5) is 17.8.